The van der Waals surface area contributed by atoms with Crippen LogP contribution in [0.3, 0.4) is 0 Å². The minimum atomic E-state index is -4.15. The lowest BCUT2D eigenvalue weighted by atomic mass is 10.1. The molecule has 2 nitrogen and oxygen atoms in total. The first-order chi connectivity index (χ1) is 8.06. The lowest BCUT2D eigenvalue weighted by Crippen LogP contribution is -2.25. The fraction of sp³-hybridized carbons (Fsp3) is 0.455. The summed E-state index contributed by atoms with van der Waals surface area (Å²) in [5.74, 6) is 0.829. The molecule has 0 saturated carbocycles. The molecule has 1 N–H and O–H groups in total. The molecule has 6 heteroatoms. The molecule has 0 fully saturated rings. The van der Waals surface area contributed by atoms with E-state index >= 15 is 0 Å². The Morgan fingerprint density at radius 1 is 1.35 bits per heavy atom. The van der Waals surface area contributed by atoms with Crippen molar-refractivity contribution in [1.29, 1.82) is 0 Å². The van der Waals surface area contributed by atoms with Gasteiger partial charge in [0.2, 0.25) is 0 Å². The first-order valence-corrected chi connectivity index (χ1v) is 6.20. The molecule has 0 spiro atoms. The summed E-state index contributed by atoms with van der Waals surface area (Å²) >= 11 is -0.00508. The molecule has 1 unspecified atom stereocenters. The number of para-hydroxylation sites is 1. The molecule has 1 aromatic rings. The van der Waals surface area contributed by atoms with Crippen LogP contribution in [0.5, 0.6) is 5.75 Å². The highest BCUT2D eigenvalue weighted by Crippen LogP contribution is 2.32. The standard InChI is InChI=1S/C11H12F3NOS/c12-11(13,14)17-6-5-15-9-7-16-10-4-2-1-3-8(9)10/h1-4,9,15H,5-7H2. The van der Waals surface area contributed by atoms with Crippen molar-refractivity contribution < 1.29 is 17.9 Å². The molecule has 1 aliphatic heterocycles. The van der Waals surface area contributed by atoms with Gasteiger partial charge >= 0.3 is 5.51 Å². The zero-order valence-electron chi connectivity index (χ0n) is 8.96. The quantitative estimate of drug-likeness (QED) is 0.844. The van der Waals surface area contributed by atoms with Gasteiger partial charge in [-0.3, -0.25) is 0 Å². The molecule has 1 heterocycles. The van der Waals surface area contributed by atoms with E-state index in [-0.39, 0.29) is 23.6 Å². The maximum Gasteiger partial charge on any atom is 0.441 e. The SMILES string of the molecule is FC(F)(F)SCCNC1COc2ccccc21. The Hall–Kier alpha value is -0.880. The summed E-state index contributed by atoms with van der Waals surface area (Å²) in [5.41, 5.74) is -3.13. The lowest BCUT2D eigenvalue weighted by Gasteiger charge is -2.11. The third-order valence-corrected chi connectivity index (χ3v) is 3.19. The number of alkyl halides is 3. The molecule has 0 bridgehead atoms. The summed E-state index contributed by atoms with van der Waals surface area (Å²) < 4.78 is 41.1. The highest BCUT2D eigenvalue weighted by atomic mass is 32.2. The van der Waals surface area contributed by atoms with Gasteiger partial charge in [0.15, 0.2) is 0 Å². The van der Waals surface area contributed by atoms with Crippen molar-refractivity contribution in [1.82, 2.24) is 5.32 Å². The van der Waals surface area contributed by atoms with Gasteiger partial charge in [0.1, 0.15) is 12.4 Å². The third kappa shape index (κ3) is 3.54. The maximum absolute atomic E-state index is 11.9. The average molecular weight is 263 g/mol. The molecule has 1 aromatic carbocycles. The topological polar surface area (TPSA) is 21.3 Å². The van der Waals surface area contributed by atoms with Crippen LogP contribution in [0.4, 0.5) is 13.2 Å². The summed E-state index contributed by atoms with van der Waals surface area (Å²) in [7, 11) is 0. The van der Waals surface area contributed by atoms with E-state index < -0.39 is 5.51 Å². The molecule has 94 valence electrons. The Balaban J connectivity index is 1.78. The van der Waals surface area contributed by atoms with E-state index in [4.69, 9.17) is 4.74 Å². The van der Waals surface area contributed by atoms with Crippen LogP contribution in [0.15, 0.2) is 24.3 Å². The molecule has 0 saturated heterocycles. The number of halogens is 3. The van der Waals surface area contributed by atoms with Crippen LogP contribution < -0.4 is 10.1 Å². The Morgan fingerprint density at radius 3 is 2.88 bits per heavy atom. The van der Waals surface area contributed by atoms with Gasteiger partial charge in [-0.2, -0.15) is 13.2 Å². The van der Waals surface area contributed by atoms with E-state index in [0.29, 0.717) is 13.2 Å². The number of benzene rings is 1. The molecule has 1 aliphatic rings. The van der Waals surface area contributed by atoms with E-state index in [1.165, 1.54) is 0 Å². The number of hydrogen-bond acceptors (Lipinski definition) is 3. The Bertz CT molecular complexity index is 383. The molecule has 17 heavy (non-hydrogen) atoms. The smallest absolute Gasteiger partial charge is 0.441 e. The maximum atomic E-state index is 11.9. The van der Waals surface area contributed by atoms with E-state index in [1.807, 2.05) is 24.3 Å². The van der Waals surface area contributed by atoms with E-state index in [1.54, 1.807) is 0 Å². The van der Waals surface area contributed by atoms with Gasteiger partial charge in [0.05, 0.1) is 6.04 Å². The first-order valence-electron chi connectivity index (χ1n) is 5.22. The van der Waals surface area contributed by atoms with Crippen LogP contribution in [-0.4, -0.2) is 24.4 Å². The van der Waals surface area contributed by atoms with Crippen LogP contribution in [0.2, 0.25) is 0 Å². The average Bonchev–Trinajstić information content (AvgIpc) is 2.67. The second-order valence-electron chi connectivity index (χ2n) is 3.65. The second kappa shape index (κ2) is 5.18. The van der Waals surface area contributed by atoms with Crippen LogP contribution in [0.25, 0.3) is 0 Å². The van der Waals surface area contributed by atoms with Crippen LogP contribution in [0.1, 0.15) is 11.6 Å². The van der Waals surface area contributed by atoms with Gasteiger partial charge in [-0.05, 0) is 17.8 Å². The predicted molar refractivity (Wildman–Crippen MR) is 61.2 cm³/mol. The van der Waals surface area contributed by atoms with Crippen molar-refractivity contribution in [3.05, 3.63) is 29.8 Å². The number of ether oxygens (including phenoxy) is 1. The van der Waals surface area contributed by atoms with Crippen molar-refractivity contribution in [3.8, 4) is 5.75 Å². The van der Waals surface area contributed by atoms with Crippen molar-refractivity contribution in [3.63, 3.8) is 0 Å². The van der Waals surface area contributed by atoms with Crippen molar-refractivity contribution in [2.24, 2.45) is 0 Å². The highest BCUT2D eigenvalue weighted by molar-refractivity contribution is 8.00. The molecule has 0 aliphatic carbocycles. The normalized spacial score (nSPS) is 18.9. The second-order valence-corrected chi connectivity index (χ2v) is 4.81. The number of fused-ring (bicyclic) bond motifs is 1. The van der Waals surface area contributed by atoms with Crippen molar-refractivity contribution >= 4 is 11.8 Å². The minimum absolute atomic E-state index is 0.0000312. The van der Waals surface area contributed by atoms with Crippen molar-refractivity contribution in [2.45, 2.75) is 11.6 Å². The fourth-order valence-corrected chi connectivity index (χ4v) is 2.18. The van der Waals surface area contributed by atoms with Crippen LogP contribution in [-0.2, 0) is 0 Å². The van der Waals surface area contributed by atoms with E-state index in [2.05, 4.69) is 5.32 Å². The summed E-state index contributed by atoms with van der Waals surface area (Å²) in [6.07, 6.45) is 0. The van der Waals surface area contributed by atoms with Gasteiger partial charge < -0.3 is 10.1 Å². The lowest BCUT2D eigenvalue weighted by molar-refractivity contribution is -0.0327. The monoisotopic (exact) mass is 263 g/mol. The molecular weight excluding hydrogens is 251 g/mol. The molecule has 0 amide bonds. The molecule has 0 radical (unpaired) electrons. The van der Waals surface area contributed by atoms with E-state index in [9.17, 15) is 13.2 Å². The van der Waals surface area contributed by atoms with Crippen LogP contribution >= 0.6 is 11.8 Å². The van der Waals surface area contributed by atoms with Gasteiger partial charge in [-0.25, -0.2) is 0 Å². The molecular formula is C11H12F3NOS. The fourth-order valence-electron chi connectivity index (χ4n) is 1.73. The summed E-state index contributed by atoms with van der Waals surface area (Å²) in [4.78, 5) is 0. The predicted octanol–water partition coefficient (Wildman–Crippen LogP) is 2.96. The molecule has 0 aromatic heterocycles. The molecule has 1 atom stereocenters. The Kier molecular flexibility index (Phi) is 3.83. The van der Waals surface area contributed by atoms with Crippen molar-refractivity contribution in [2.75, 3.05) is 18.9 Å². The van der Waals surface area contributed by atoms with Gasteiger partial charge in [0, 0.05) is 17.9 Å². The third-order valence-electron chi connectivity index (χ3n) is 2.46. The first kappa shape index (κ1) is 12.6. The number of rotatable bonds is 4. The van der Waals surface area contributed by atoms with Gasteiger partial charge in [0.25, 0.3) is 0 Å². The summed E-state index contributed by atoms with van der Waals surface area (Å²) in [5, 5.41) is 3.06. The van der Waals surface area contributed by atoms with Gasteiger partial charge in [-0.1, -0.05) is 18.2 Å². The Labute approximate surface area is 102 Å². The van der Waals surface area contributed by atoms with Crippen LogP contribution in [0, 0.1) is 0 Å². The van der Waals surface area contributed by atoms with E-state index in [0.717, 1.165) is 11.3 Å². The minimum Gasteiger partial charge on any atom is -0.491 e. The molecule has 2 rings (SSSR count). The van der Waals surface area contributed by atoms with Gasteiger partial charge in [-0.15, -0.1) is 0 Å². The number of nitrogens with one attached hydrogen (secondary N) is 1. The highest BCUT2D eigenvalue weighted by Gasteiger charge is 2.28. The zero-order chi connectivity index (χ0) is 12.3. The Morgan fingerprint density at radius 2 is 2.12 bits per heavy atom. The summed E-state index contributed by atoms with van der Waals surface area (Å²) in [6.45, 7) is 0.794. The summed E-state index contributed by atoms with van der Waals surface area (Å²) in [6, 6.07) is 7.56. The number of thioether (sulfide) groups is 1. The number of hydrogen-bond donors (Lipinski definition) is 1. The zero-order valence-corrected chi connectivity index (χ0v) is 9.77. The largest absolute Gasteiger partial charge is 0.491 e.